The molecule has 0 unspecified atom stereocenters. The van der Waals surface area contributed by atoms with Crippen molar-refractivity contribution < 1.29 is 13.2 Å². The highest BCUT2D eigenvalue weighted by Gasteiger charge is 2.32. The fourth-order valence-electron chi connectivity index (χ4n) is 9.31. The Hall–Kier alpha value is -7.77. The lowest BCUT2D eigenvalue weighted by Crippen LogP contribution is -2.08. The van der Waals surface area contributed by atoms with E-state index in [2.05, 4.69) is 73.0 Å². The molecule has 0 bridgehead atoms. The maximum absolute atomic E-state index is 14.9. The molecule has 3 aromatic heterocycles. The summed E-state index contributed by atoms with van der Waals surface area (Å²) in [5, 5.41) is 4.15. The van der Waals surface area contributed by atoms with Crippen LogP contribution in [0.15, 0.2) is 176 Å². The molecule has 11 rings (SSSR count). The van der Waals surface area contributed by atoms with Gasteiger partial charge in [0.15, 0.2) is 5.82 Å². The number of benzene rings is 8. The first kappa shape index (κ1) is 39.1. The van der Waals surface area contributed by atoms with E-state index in [4.69, 9.17) is 9.97 Å². The topological polar surface area (TPSA) is 35.6 Å². The van der Waals surface area contributed by atoms with Gasteiger partial charge in [0.1, 0.15) is 0 Å². The van der Waals surface area contributed by atoms with Gasteiger partial charge >= 0.3 is 6.18 Å². The summed E-state index contributed by atoms with van der Waals surface area (Å²) in [7, 11) is 0. The summed E-state index contributed by atoms with van der Waals surface area (Å²) >= 11 is 0. The molecule has 0 saturated carbocycles. The molecule has 11 aromatic rings. The summed E-state index contributed by atoms with van der Waals surface area (Å²) in [5.74, 6) is 0.590. The van der Waals surface area contributed by atoms with Crippen molar-refractivity contribution in [3.63, 3.8) is 0 Å². The van der Waals surface area contributed by atoms with Gasteiger partial charge in [0.05, 0.1) is 50.4 Å². The first-order valence-electron chi connectivity index (χ1n) is 21.4. The van der Waals surface area contributed by atoms with E-state index in [0.29, 0.717) is 22.8 Å². The predicted molar refractivity (Wildman–Crippen MR) is 256 cm³/mol. The van der Waals surface area contributed by atoms with E-state index < -0.39 is 11.7 Å². The van der Waals surface area contributed by atoms with Gasteiger partial charge in [0.2, 0.25) is 0 Å². The van der Waals surface area contributed by atoms with E-state index in [0.717, 1.165) is 99.5 Å². The van der Waals surface area contributed by atoms with Crippen LogP contribution in [-0.2, 0) is 6.18 Å². The quantitative estimate of drug-likeness (QED) is 0.167. The molecular weight excluding hydrogens is 798 g/mol. The molecular formula is C57H41F3N4. The number of rotatable bonds is 6. The second kappa shape index (κ2) is 15.0. The summed E-state index contributed by atoms with van der Waals surface area (Å²) in [4.78, 5) is 10.3. The highest BCUT2D eigenvalue weighted by Crippen LogP contribution is 2.44. The largest absolute Gasteiger partial charge is 0.416 e. The van der Waals surface area contributed by atoms with E-state index in [9.17, 15) is 13.2 Å². The SMILES string of the molecule is Cc1ccc2c(c1)c1cc(C)ccc1n2-c1cc(-c2cc(-c3ccccc3)nc(-c3ccccc3)n2)ccc1-c1ccc(C(F)(F)F)cc1-n1c2ccc(C)cc2c2cc(C)ccc21. The fourth-order valence-corrected chi connectivity index (χ4v) is 9.31. The molecule has 8 aromatic carbocycles. The van der Waals surface area contributed by atoms with Crippen molar-refractivity contribution in [2.24, 2.45) is 0 Å². The Morgan fingerprint density at radius 2 is 0.781 bits per heavy atom. The molecule has 0 amide bonds. The van der Waals surface area contributed by atoms with Gasteiger partial charge in [-0.25, -0.2) is 9.97 Å². The number of aryl methyl sites for hydroxylation is 4. The van der Waals surface area contributed by atoms with Crippen LogP contribution in [0, 0.1) is 27.7 Å². The van der Waals surface area contributed by atoms with Gasteiger partial charge in [-0.15, -0.1) is 0 Å². The highest BCUT2D eigenvalue weighted by molar-refractivity contribution is 6.12. The average Bonchev–Trinajstić information content (AvgIpc) is 3.79. The second-order valence-corrected chi connectivity index (χ2v) is 16.9. The minimum atomic E-state index is -4.58. The Labute approximate surface area is 368 Å². The molecule has 0 N–H and O–H groups in total. The Balaban J connectivity index is 1.25. The predicted octanol–water partition coefficient (Wildman–Crippen LogP) is 15.6. The van der Waals surface area contributed by atoms with Gasteiger partial charge in [-0.1, -0.05) is 125 Å². The van der Waals surface area contributed by atoms with Gasteiger partial charge < -0.3 is 9.13 Å². The monoisotopic (exact) mass is 838 g/mol. The van der Waals surface area contributed by atoms with Gasteiger partial charge in [-0.05, 0) is 100 Å². The molecule has 64 heavy (non-hydrogen) atoms. The van der Waals surface area contributed by atoms with Crippen LogP contribution in [0.2, 0.25) is 0 Å². The second-order valence-electron chi connectivity index (χ2n) is 16.9. The van der Waals surface area contributed by atoms with Crippen molar-refractivity contribution in [3.8, 4) is 56.4 Å². The fraction of sp³-hybridized carbons (Fsp3) is 0.0877. The average molecular weight is 839 g/mol. The lowest BCUT2D eigenvalue weighted by Gasteiger charge is -2.21. The Morgan fingerprint density at radius 1 is 0.375 bits per heavy atom. The molecule has 0 spiro atoms. The number of alkyl halides is 3. The third kappa shape index (κ3) is 6.63. The molecule has 3 heterocycles. The Morgan fingerprint density at radius 3 is 1.23 bits per heavy atom. The van der Waals surface area contributed by atoms with Gasteiger partial charge in [-0.3, -0.25) is 0 Å². The zero-order valence-electron chi connectivity index (χ0n) is 35.7. The Kier molecular flexibility index (Phi) is 9.13. The van der Waals surface area contributed by atoms with Crippen molar-refractivity contribution >= 4 is 43.6 Å². The Bertz CT molecular complexity index is 3460. The number of hydrogen-bond donors (Lipinski definition) is 0. The van der Waals surface area contributed by atoms with Crippen LogP contribution < -0.4 is 0 Å². The molecule has 0 radical (unpaired) electrons. The molecule has 4 nitrogen and oxygen atoms in total. The van der Waals surface area contributed by atoms with Crippen molar-refractivity contribution in [1.82, 2.24) is 19.1 Å². The maximum atomic E-state index is 14.9. The molecule has 0 aliphatic carbocycles. The minimum absolute atomic E-state index is 0.434. The summed E-state index contributed by atoms with van der Waals surface area (Å²) < 4.78 is 49.0. The van der Waals surface area contributed by atoms with Crippen molar-refractivity contribution in [1.29, 1.82) is 0 Å². The number of halogens is 3. The van der Waals surface area contributed by atoms with Crippen molar-refractivity contribution in [2.75, 3.05) is 0 Å². The number of aromatic nitrogens is 4. The first-order chi connectivity index (χ1) is 31.0. The van der Waals surface area contributed by atoms with Crippen LogP contribution in [-0.4, -0.2) is 19.1 Å². The molecule has 0 aliphatic rings. The van der Waals surface area contributed by atoms with Crippen LogP contribution in [0.3, 0.4) is 0 Å². The van der Waals surface area contributed by atoms with Crippen LogP contribution >= 0.6 is 0 Å². The molecule has 0 fully saturated rings. The maximum Gasteiger partial charge on any atom is 0.416 e. The molecule has 0 atom stereocenters. The van der Waals surface area contributed by atoms with Crippen LogP contribution in [0.5, 0.6) is 0 Å². The summed E-state index contributed by atoms with van der Waals surface area (Å²) in [6.45, 7) is 8.27. The summed E-state index contributed by atoms with van der Waals surface area (Å²) in [6, 6.07) is 57.7. The molecule has 0 aliphatic heterocycles. The van der Waals surface area contributed by atoms with Gasteiger partial charge in [0, 0.05) is 49.4 Å². The van der Waals surface area contributed by atoms with Crippen molar-refractivity contribution in [2.45, 2.75) is 33.9 Å². The number of hydrogen-bond acceptors (Lipinski definition) is 2. The zero-order chi connectivity index (χ0) is 43.9. The standard InChI is InChI=1S/C57H41F3N4/c1-34-15-23-50-44(27-34)45-28-35(2)16-24-51(45)63(50)54-31-40(49-33-48(38-11-7-5-8-12-38)61-56(62-49)39-13-9-6-10-14-39)19-21-42(54)43-22-20-41(57(58,59)60)32-55(43)64-52-25-17-36(3)29-46(52)47-30-37(4)18-26-53(47)64/h5-33H,1-4H3. The van der Waals surface area contributed by atoms with Gasteiger partial charge in [0.25, 0.3) is 0 Å². The molecule has 310 valence electrons. The lowest BCUT2D eigenvalue weighted by molar-refractivity contribution is -0.137. The summed E-state index contributed by atoms with van der Waals surface area (Å²) in [5.41, 5.74) is 14.1. The molecule has 0 saturated heterocycles. The number of nitrogens with zero attached hydrogens (tertiary/aromatic N) is 4. The normalized spacial score (nSPS) is 12.0. The van der Waals surface area contributed by atoms with Crippen LogP contribution in [0.1, 0.15) is 27.8 Å². The highest BCUT2D eigenvalue weighted by atomic mass is 19.4. The first-order valence-corrected chi connectivity index (χ1v) is 21.4. The minimum Gasteiger partial charge on any atom is -0.309 e. The van der Waals surface area contributed by atoms with E-state index in [1.54, 1.807) is 6.07 Å². The zero-order valence-corrected chi connectivity index (χ0v) is 35.7. The third-order valence-corrected chi connectivity index (χ3v) is 12.4. The number of fused-ring (bicyclic) bond motifs is 6. The summed E-state index contributed by atoms with van der Waals surface area (Å²) in [6.07, 6.45) is -4.58. The van der Waals surface area contributed by atoms with E-state index in [1.807, 2.05) is 122 Å². The smallest absolute Gasteiger partial charge is 0.309 e. The third-order valence-electron chi connectivity index (χ3n) is 12.4. The van der Waals surface area contributed by atoms with Crippen molar-refractivity contribution in [3.05, 3.63) is 204 Å². The van der Waals surface area contributed by atoms with Gasteiger partial charge in [-0.2, -0.15) is 13.2 Å². The van der Waals surface area contributed by atoms with E-state index in [-0.39, 0.29) is 0 Å². The molecule has 7 heteroatoms. The van der Waals surface area contributed by atoms with Crippen LogP contribution in [0.25, 0.3) is 100 Å². The van der Waals surface area contributed by atoms with Crippen LogP contribution in [0.4, 0.5) is 13.2 Å². The van der Waals surface area contributed by atoms with E-state index in [1.165, 1.54) is 12.1 Å². The lowest BCUT2D eigenvalue weighted by atomic mass is 9.96. The van der Waals surface area contributed by atoms with E-state index >= 15 is 0 Å².